The molecular weight excluding hydrogens is 402 g/mol. The van der Waals surface area contributed by atoms with E-state index in [1.807, 2.05) is 6.07 Å². The number of benzene rings is 2. The van der Waals surface area contributed by atoms with Crippen LogP contribution in [0.25, 0.3) is 11.1 Å². The number of aromatic nitrogens is 2. The SMILES string of the molecule is Cn1cc(-c2c(F)cc(NC(=O)c3cc(C#N)ccc3S(C)(=O)=O)cc2F)cn1. The van der Waals surface area contributed by atoms with E-state index in [-0.39, 0.29) is 32.8 Å². The minimum absolute atomic E-state index is 0.0619. The lowest BCUT2D eigenvalue weighted by Gasteiger charge is -2.11. The highest BCUT2D eigenvalue weighted by Gasteiger charge is 2.21. The maximum absolute atomic E-state index is 14.5. The molecule has 0 atom stereocenters. The summed E-state index contributed by atoms with van der Waals surface area (Å²) in [6.45, 7) is 0. The summed E-state index contributed by atoms with van der Waals surface area (Å²) in [6, 6.07) is 7.13. The first-order valence-electron chi connectivity index (χ1n) is 8.14. The second kappa shape index (κ2) is 7.44. The van der Waals surface area contributed by atoms with Crippen molar-refractivity contribution in [2.45, 2.75) is 4.90 Å². The summed E-state index contributed by atoms with van der Waals surface area (Å²) in [5.74, 6) is -2.78. The molecule has 0 saturated heterocycles. The molecule has 0 bridgehead atoms. The molecule has 0 radical (unpaired) electrons. The number of halogens is 2. The van der Waals surface area contributed by atoms with E-state index in [9.17, 15) is 22.0 Å². The van der Waals surface area contributed by atoms with E-state index in [0.717, 1.165) is 30.5 Å². The van der Waals surface area contributed by atoms with Crippen molar-refractivity contribution in [2.75, 3.05) is 11.6 Å². The third-order valence-corrected chi connectivity index (χ3v) is 5.20. The molecule has 0 aliphatic carbocycles. The quantitative estimate of drug-likeness (QED) is 0.704. The number of sulfone groups is 1. The topological polar surface area (TPSA) is 105 Å². The number of nitrogens with zero attached hydrogens (tertiary/aromatic N) is 3. The standard InChI is InChI=1S/C19H14F2N4O3S/c1-25-10-12(9-23-25)18-15(20)6-13(7-16(18)21)24-19(26)14-5-11(8-22)3-4-17(14)29(2,27)28/h3-7,9-10H,1-2H3,(H,24,26). The zero-order valence-corrected chi connectivity index (χ0v) is 16.1. The Balaban J connectivity index is 1.99. The van der Waals surface area contributed by atoms with Crippen LogP contribution in [0, 0.1) is 23.0 Å². The smallest absolute Gasteiger partial charge is 0.257 e. The number of nitriles is 1. The summed E-state index contributed by atoms with van der Waals surface area (Å²) in [6.07, 6.45) is 3.64. The molecule has 0 aliphatic heterocycles. The van der Waals surface area contributed by atoms with Crippen molar-refractivity contribution < 1.29 is 22.0 Å². The minimum atomic E-state index is -3.78. The second-order valence-corrected chi connectivity index (χ2v) is 8.25. The van der Waals surface area contributed by atoms with E-state index in [0.29, 0.717) is 0 Å². The van der Waals surface area contributed by atoms with Gasteiger partial charge in [-0.15, -0.1) is 0 Å². The Labute approximate surface area is 165 Å². The summed E-state index contributed by atoms with van der Waals surface area (Å²) in [5.41, 5.74) is -0.532. The Morgan fingerprint density at radius 2 is 1.86 bits per heavy atom. The Morgan fingerprint density at radius 1 is 1.21 bits per heavy atom. The van der Waals surface area contributed by atoms with E-state index in [1.54, 1.807) is 7.05 Å². The highest BCUT2D eigenvalue weighted by atomic mass is 32.2. The van der Waals surface area contributed by atoms with Crippen molar-refractivity contribution in [3.63, 3.8) is 0 Å². The molecule has 29 heavy (non-hydrogen) atoms. The van der Waals surface area contributed by atoms with Crippen LogP contribution in [-0.2, 0) is 16.9 Å². The number of aryl methyl sites for hydroxylation is 1. The second-order valence-electron chi connectivity index (χ2n) is 6.27. The molecule has 0 spiro atoms. The highest BCUT2D eigenvalue weighted by Crippen LogP contribution is 2.29. The number of amides is 1. The fraction of sp³-hybridized carbons (Fsp3) is 0.105. The van der Waals surface area contributed by atoms with Gasteiger partial charge in [-0.1, -0.05) is 0 Å². The first-order chi connectivity index (χ1) is 13.6. The van der Waals surface area contributed by atoms with E-state index >= 15 is 0 Å². The summed E-state index contributed by atoms with van der Waals surface area (Å²) < 4.78 is 54.2. The number of anilines is 1. The average molecular weight is 416 g/mol. The average Bonchev–Trinajstić information content (AvgIpc) is 3.05. The van der Waals surface area contributed by atoms with Crippen molar-refractivity contribution in [1.82, 2.24) is 9.78 Å². The van der Waals surface area contributed by atoms with Crippen LogP contribution in [0.15, 0.2) is 47.6 Å². The normalized spacial score (nSPS) is 11.1. The Kier molecular flexibility index (Phi) is 5.18. The van der Waals surface area contributed by atoms with Crippen molar-refractivity contribution in [1.29, 1.82) is 5.26 Å². The van der Waals surface area contributed by atoms with Crippen LogP contribution >= 0.6 is 0 Å². The van der Waals surface area contributed by atoms with E-state index in [2.05, 4.69) is 10.4 Å². The van der Waals surface area contributed by atoms with Gasteiger partial charge in [0, 0.05) is 30.8 Å². The number of nitrogens with one attached hydrogen (secondary N) is 1. The van der Waals surface area contributed by atoms with Crippen LogP contribution in [0.3, 0.4) is 0 Å². The molecule has 3 rings (SSSR count). The van der Waals surface area contributed by atoms with Crippen molar-refractivity contribution in [3.8, 4) is 17.2 Å². The highest BCUT2D eigenvalue weighted by molar-refractivity contribution is 7.90. The molecule has 0 unspecified atom stereocenters. The molecule has 7 nitrogen and oxygen atoms in total. The lowest BCUT2D eigenvalue weighted by molar-refractivity contribution is 0.102. The minimum Gasteiger partial charge on any atom is -0.322 e. The van der Waals surface area contributed by atoms with E-state index in [1.165, 1.54) is 23.1 Å². The van der Waals surface area contributed by atoms with Gasteiger partial charge in [-0.25, -0.2) is 17.2 Å². The molecular formula is C19H14F2N4O3S. The molecule has 0 aliphatic rings. The fourth-order valence-corrected chi connectivity index (χ4v) is 3.64. The fourth-order valence-electron chi connectivity index (χ4n) is 2.77. The number of hydrogen-bond acceptors (Lipinski definition) is 5. The van der Waals surface area contributed by atoms with Gasteiger partial charge >= 0.3 is 0 Å². The first-order valence-corrected chi connectivity index (χ1v) is 10.0. The first kappa shape index (κ1) is 20.2. The lowest BCUT2D eigenvalue weighted by atomic mass is 10.1. The van der Waals surface area contributed by atoms with Crippen LogP contribution in [0.5, 0.6) is 0 Å². The van der Waals surface area contributed by atoms with Crippen molar-refractivity contribution in [2.24, 2.45) is 7.05 Å². The Hall–Kier alpha value is -3.58. The van der Waals surface area contributed by atoms with Crippen molar-refractivity contribution >= 4 is 21.4 Å². The largest absolute Gasteiger partial charge is 0.322 e. The molecule has 1 N–H and O–H groups in total. The molecule has 10 heteroatoms. The molecule has 148 valence electrons. The van der Waals surface area contributed by atoms with Gasteiger partial charge in [-0.2, -0.15) is 10.4 Å². The van der Waals surface area contributed by atoms with Gasteiger partial charge in [0.25, 0.3) is 5.91 Å². The number of rotatable bonds is 4. The molecule has 1 amide bonds. The summed E-state index contributed by atoms with van der Waals surface area (Å²) >= 11 is 0. The van der Waals surface area contributed by atoms with Gasteiger partial charge in [0.05, 0.1) is 33.9 Å². The predicted molar refractivity (Wildman–Crippen MR) is 101 cm³/mol. The molecule has 1 aromatic heterocycles. The third-order valence-electron chi connectivity index (χ3n) is 4.05. The number of hydrogen-bond donors (Lipinski definition) is 1. The Bertz CT molecular complexity index is 1250. The molecule has 0 fully saturated rings. The predicted octanol–water partition coefficient (Wildman–Crippen LogP) is 2.89. The van der Waals surface area contributed by atoms with Crippen LogP contribution in [0.4, 0.5) is 14.5 Å². The van der Waals surface area contributed by atoms with Gasteiger partial charge in [0.15, 0.2) is 9.84 Å². The van der Waals surface area contributed by atoms with Crippen LogP contribution in [-0.4, -0.2) is 30.4 Å². The summed E-state index contributed by atoms with van der Waals surface area (Å²) in [4.78, 5) is 12.3. The third kappa shape index (κ3) is 4.14. The zero-order valence-electron chi connectivity index (χ0n) is 15.3. The molecule has 0 saturated carbocycles. The Morgan fingerprint density at radius 3 is 2.38 bits per heavy atom. The zero-order chi connectivity index (χ0) is 21.3. The summed E-state index contributed by atoms with van der Waals surface area (Å²) in [5, 5.41) is 15.1. The van der Waals surface area contributed by atoms with Gasteiger partial charge < -0.3 is 5.32 Å². The van der Waals surface area contributed by atoms with E-state index in [4.69, 9.17) is 5.26 Å². The van der Waals surface area contributed by atoms with Crippen LogP contribution in [0.1, 0.15) is 15.9 Å². The van der Waals surface area contributed by atoms with E-state index < -0.39 is 27.4 Å². The lowest BCUT2D eigenvalue weighted by Crippen LogP contribution is -2.17. The summed E-state index contributed by atoms with van der Waals surface area (Å²) in [7, 11) is -2.18. The van der Waals surface area contributed by atoms with Gasteiger partial charge in [-0.05, 0) is 30.3 Å². The van der Waals surface area contributed by atoms with Crippen LogP contribution in [0.2, 0.25) is 0 Å². The van der Waals surface area contributed by atoms with Crippen LogP contribution < -0.4 is 5.32 Å². The van der Waals surface area contributed by atoms with Gasteiger partial charge in [0.2, 0.25) is 0 Å². The molecule has 3 aromatic rings. The monoisotopic (exact) mass is 416 g/mol. The number of carbonyl (C=O) groups is 1. The van der Waals surface area contributed by atoms with Gasteiger partial charge in [0.1, 0.15) is 11.6 Å². The number of carbonyl (C=O) groups excluding carboxylic acids is 1. The van der Waals surface area contributed by atoms with Gasteiger partial charge in [-0.3, -0.25) is 9.48 Å². The van der Waals surface area contributed by atoms with Crippen molar-refractivity contribution in [3.05, 3.63) is 65.5 Å². The molecule has 2 aromatic carbocycles. The molecule has 1 heterocycles. The maximum atomic E-state index is 14.5. The maximum Gasteiger partial charge on any atom is 0.257 e.